The first-order valence-corrected chi connectivity index (χ1v) is 7.35. The molecule has 5 heteroatoms. The van der Waals surface area contributed by atoms with E-state index in [0.717, 1.165) is 6.42 Å². The Balaban J connectivity index is 2.08. The third-order valence-corrected chi connectivity index (χ3v) is 4.08. The SMILES string of the molecule is CC[C@H](N)C(=O)N1C[C@@H](Cc2ccccc2)C[C@H]1C(=O)O. The minimum atomic E-state index is -0.942. The van der Waals surface area contributed by atoms with Gasteiger partial charge in [0.2, 0.25) is 5.91 Å². The maximum absolute atomic E-state index is 12.2. The van der Waals surface area contributed by atoms with Crippen LogP contribution in [0.4, 0.5) is 0 Å². The van der Waals surface area contributed by atoms with Gasteiger partial charge in [-0.2, -0.15) is 0 Å². The third kappa shape index (κ3) is 3.61. The molecule has 1 aliphatic rings. The number of carboxylic acids is 1. The Bertz CT molecular complexity index is 504. The number of aliphatic carboxylic acids is 1. The largest absolute Gasteiger partial charge is 0.480 e. The lowest BCUT2D eigenvalue weighted by Gasteiger charge is -2.24. The molecule has 5 nitrogen and oxygen atoms in total. The van der Waals surface area contributed by atoms with E-state index >= 15 is 0 Å². The molecule has 0 aromatic heterocycles. The molecule has 0 spiro atoms. The molecule has 0 bridgehead atoms. The number of likely N-dealkylation sites (tertiary alicyclic amines) is 1. The Hall–Kier alpha value is -1.88. The second-order valence-corrected chi connectivity index (χ2v) is 5.65. The predicted molar refractivity (Wildman–Crippen MR) is 79.7 cm³/mol. The molecular weight excluding hydrogens is 268 g/mol. The fraction of sp³-hybridized carbons (Fsp3) is 0.500. The summed E-state index contributed by atoms with van der Waals surface area (Å²) in [6, 6.07) is 8.58. The number of carbonyl (C=O) groups is 2. The average Bonchev–Trinajstić information content (AvgIpc) is 2.90. The summed E-state index contributed by atoms with van der Waals surface area (Å²) in [5.74, 6) is -1.02. The van der Waals surface area contributed by atoms with Gasteiger partial charge in [0.25, 0.3) is 0 Å². The zero-order chi connectivity index (χ0) is 15.4. The first-order chi connectivity index (χ1) is 10.0. The molecule has 3 N–H and O–H groups in total. The molecule has 1 saturated heterocycles. The van der Waals surface area contributed by atoms with Crippen LogP contribution in [0.1, 0.15) is 25.3 Å². The molecule has 21 heavy (non-hydrogen) atoms. The standard InChI is InChI=1S/C16H22N2O3/c1-2-13(17)15(19)18-10-12(9-14(18)16(20)21)8-11-6-4-3-5-7-11/h3-7,12-14H,2,8-10,17H2,1H3,(H,20,21)/t12-,13-,14-/m0/s1. The second kappa shape index (κ2) is 6.72. The zero-order valence-corrected chi connectivity index (χ0v) is 12.2. The van der Waals surface area contributed by atoms with E-state index in [-0.39, 0.29) is 11.8 Å². The monoisotopic (exact) mass is 290 g/mol. The van der Waals surface area contributed by atoms with Gasteiger partial charge in [-0.05, 0) is 30.7 Å². The van der Waals surface area contributed by atoms with Crippen LogP contribution in [0, 0.1) is 5.92 Å². The smallest absolute Gasteiger partial charge is 0.326 e. The van der Waals surface area contributed by atoms with Crippen molar-refractivity contribution < 1.29 is 14.7 Å². The van der Waals surface area contributed by atoms with E-state index in [1.165, 1.54) is 10.5 Å². The van der Waals surface area contributed by atoms with Crippen LogP contribution in [0.5, 0.6) is 0 Å². The zero-order valence-electron chi connectivity index (χ0n) is 12.2. The molecule has 0 radical (unpaired) electrons. The first kappa shape index (κ1) is 15.5. The minimum Gasteiger partial charge on any atom is -0.480 e. The van der Waals surface area contributed by atoms with Crippen molar-refractivity contribution in [2.75, 3.05) is 6.54 Å². The quantitative estimate of drug-likeness (QED) is 0.855. The van der Waals surface area contributed by atoms with Gasteiger partial charge in [0.05, 0.1) is 6.04 Å². The van der Waals surface area contributed by atoms with Gasteiger partial charge >= 0.3 is 5.97 Å². The topological polar surface area (TPSA) is 83.6 Å². The van der Waals surface area contributed by atoms with Crippen molar-refractivity contribution in [1.29, 1.82) is 0 Å². The van der Waals surface area contributed by atoms with Crippen molar-refractivity contribution in [3.05, 3.63) is 35.9 Å². The van der Waals surface area contributed by atoms with Crippen LogP contribution in [-0.4, -0.2) is 40.5 Å². The Morgan fingerprint density at radius 3 is 2.62 bits per heavy atom. The van der Waals surface area contributed by atoms with Crippen molar-refractivity contribution in [2.45, 2.75) is 38.3 Å². The molecule has 1 fully saturated rings. The summed E-state index contributed by atoms with van der Waals surface area (Å²) >= 11 is 0. The fourth-order valence-electron chi connectivity index (χ4n) is 2.88. The Morgan fingerprint density at radius 2 is 2.05 bits per heavy atom. The van der Waals surface area contributed by atoms with Crippen LogP contribution in [0.2, 0.25) is 0 Å². The Morgan fingerprint density at radius 1 is 1.38 bits per heavy atom. The number of hydrogen-bond acceptors (Lipinski definition) is 3. The van der Waals surface area contributed by atoms with E-state index in [2.05, 4.69) is 0 Å². The van der Waals surface area contributed by atoms with Crippen LogP contribution >= 0.6 is 0 Å². The van der Waals surface area contributed by atoms with Crippen LogP contribution < -0.4 is 5.73 Å². The van der Waals surface area contributed by atoms with E-state index in [1.807, 2.05) is 37.3 Å². The summed E-state index contributed by atoms with van der Waals surface area (Å²) in [7, 11) is 0. The van der Waals surface area contributed by atoms with E-state index < -0.39 is 18.1 Å². The number of hydrogen-bond donors (Lipinski definition) is 2. The Labute approximate surface area is 124 Å². The molecule has 1 heterocycles. The second-order valence-electron chi connectivity index (χ2n) is 5.65. The van der Waals surface area contributed by atoms with Gasteiger partial charge in [-0.3, -0.25) is 4.79 Å². The summed E-state index contributed by atoms with van der Waals surface area (Å²) in [5, 5.41) is 9.34. The maximum Gasteiger partial charge on any atom is 0.326 e. The summed E-state index contributed by atoms with van der Waals surface area (Å²) in [6.07, 6.45) is 1.80. The van der Waals surface area contributed by atoms with Gasteiger partial charge in [-0.25, -0.2) is 4.79 Å². The molecule has 3 atom stereocenters. The van der Waals surface area contributed by atoms with Gasteiger partial charge in [-0.1, -0.05) is 37.3 Å². The fourth-order valence-corrected chi connectivity index (χ4v) is 2.88. The van der Waals surface area contributed by atoms with Gasteiger partial charge in [0, 0.05) is 6.54 Å². The van der Waals surface area contributed by atoms with Crippen molar-refractivity contribution in [2.24, 2.45) is 11.7 Å². The molecule has 2 rings (SSSR count). The number of nitrogens with zero attached hydrogens (tertiary/aromatic N) is 1. The number of carbonyl (C=O) groups excluding carboxylic acids is 1. The van der Waals surface area contributed by atoms with E-state index in [0.29, 0.717) is 19.4 Å². The number of rotatable bonds is 5. The maximum atomic E-state index is 12.2. The van der Waals surface area contributed by atoms with Crippen molar-refractivity contribution in [1.82, 2.24) is 4.90 Å². The average molecular weight is 290 g/mol. The summed E-state index contributed by atoms with van der Waals surface area (Å²) in [5.41, 5.74) is 6.94. The third-order valence-electron chi connectivity index (χ3n) is 4.08. The minimum absolute atomic E-state index is 0.168. The van der Waals surface area contributed by atoms with Gasteiger partial charge < -0.3 is 15.7 Å². The molecule has 1 aromatic rings. The number of amides is 1. The normalized spacial score (nSPS) is 23.0. The van der Waals surface area contributed by atoms with Crippen molar-refractivity contribution in [3.63, 3.8) is 0 Å². The molecule has 0 unspecified atom stereocenters. The Kier molecular flexibility index (Phi) is 4.96. The lowest BCUT2D eigenvalue weighted by molar-refractivity contribution is -0.148. The molecular formula is C16H22N2O3. The molecule has 0 saturated carbocycles. The van der Waals surface area contributed by atoms with Gasteiger partial charge in [0.1, 0.15) is 6.04 Å². The highest BCUT2D eigenvalue weighted by Crippen LogP contribution is 2.27. The lowest BCUT2D eigenvalue weighted by Crippen LogP contribution is -2.48. The van der Waals surface area contributed by atoms with Crippen LogP contribution in [0.15, 0.2) is 30.3 Å². The molecule has 1 amide bonds. The number of nitrogens with two attached hydrogens (primary N) is 1. The summed E-state index contributed by atoms with van der Waals surface area (Å²) < 4.78 is 0. The predicted octanol–water partition coefficient (Wildman–Crippen LogP) is 1.27. The molecule has 1 aliphatic heterocycles. The number of carboxylic acid groups (broad SMARTS) is 1. The van der Waals surface area contributed by atoms with Crippen LogP contribution in [0.25, 0.3) is 0 Å². The van der Waals surface area contributed by atoms with Crippen molar-refractivity contribution in [3.8, 4) is 0 Å². The van der Waals surface area contributed by atoms with Gasteiger partial charge in [0.15, 0.2) is 0 Å². The van der Waals surface area contributed by atoms with Crippen molar-refractivity contribution >= 4 is 11.9 Å². The highest BCUT2D eigenvalue weighted by molar-refractivity contribution is 5.87. The summed E-state index contributed by atoms with van der Waals surface area (Å²) in [6.45, 7) is 2.30. The lowest BCUT2D eigenvalue weighted by atomic mass is 9.97. The highest BCUT2D eigenvalue weighted by Gasteiger charge is 2.40. The molecule has 1 aromatic carbocycles. The molecule has 114 valence electrons. The van der Waals surface area contributed by atoms with E-state index in [1.54, 1.807) is 0 Å². The van der Waals surface area contributed by atoms with E-state index in [4.69, 9.17) is 5.73 Å². The molecule has 0 aliphatic carbocycles. The van der Waals surface area contributed by atoms with Crippen LogP contribution in [0.3, 0.4) is 0 Å². The number of benzene rings is 1. The van der Waals surface area contributed by atoms with Crippen LogP contribution in [-0.2, 0) is 16.0 Å². The first-order valence-electron chi connectivity index (χ1n) is 7.35. The highest BCUT2D eigenvalue weighted by atomic mass is 16.4. The van der Waals surface area contributed by atoms with Gasteiger partial charge in [-0.15, -0.1) is 0 Å². The summed E-state index contributed by atoms with van der Waals surface area (Å²) in [4.78, 5) is 25.1. The van der Waals surface area contributed by atoms with E-state index in [9.17, 15) is 14.7 Å².